The Hall–Kier alpha value is -1.66. The van der Waals surface area contributed by atoms with Crippen molar-refractivity contribution in [1.29, 1.82) is 0 Å². The molecule has 0 aliphatic heterocycles. The van der Waals surface area contributed by atoms with E-state index in [1.807, 2.05) is 17.7 Å². The highest BCUT2D eigenvalue weighted by molar-refractivity contribution is 7.15. The summed E-state index contributed by atoms with van der Waals surface area (Å²) < 4.78 is 0. The second-order valence-electron chi connectivity index (χ2n) is 3.73. The average molecular weight is 281 g/mol. The van der Waals surface area contributed by atoms with E-state index in [-0.39, 0.29) is 10.8 Å². The van der Waals surface area contributed by atoms with Crippen LogP contribution in [0.5, 0.6) is 0 Å². The molecule has 0 saturated heterocycles. The van der Waals surface area contributed by atoms with Crippen molar-refractivity contribution in [1.82, 2.24) is 5.32 Å². The third-order valence-corrected chi connectivity index (χ3v) is 4.42. The number of aromatic carboxylic acids is 1. The first-order valence-corrected chi connectivity index (χ1v) is 6.97. The maximum atomic E-state index is 11.8. The molecule has 0 aromatic carbocycles. The van der Waals surface area contributed by atoms with Gasteiger partial charge in [-0.2, -0.15) is 11.3 Å². The molecule has 0 radical (unpaired) electrons. The fraction of sp³-hybridized carbons (Fsp3) is 0.167. The Bertz CT molecular complexity index is 586. The second kappa shape index (κ2) is 5.32. The number of hydrogen-bond acceptors (Lipinski definition) is 4. The third kappa shape index (κ3) is 2.77. The number of thiophene rings is 2. The van der Waals surface area contributed by atoms with Crippen molar-refractivity contribution < 1.29 is 14.7 Å². The van der Waals surface area contributed by atoms with Gasteiger partial charge in [-0.05, 0) is 40.9 Å². The van der Waals surface area contributed by atoms with Gasteiger partial charge in [-0.1, -0.05) is 0 Å². The molecule has 0 spiro atoms. The molecule has 2 N–H and O–H groups in total. The highest BCUT2D eigenvalue weighted by Gasteiger charge is 2.12. The van der Waals surface area contributed by atoms with Crippen molar-refractivity contribution >= 4 is 34.6 Å². The maximum Gasteiger partial charge on any atom is 0.345 e. The molecule has 0 bridgehead atoms. The molecule has 0 atom stereocenters. The zero-order valence-corrected chi connectivity index (χ0v) is 11.2. The number of carbonyl (C=O) groups excluding carboxylic acids is 1. The molecule has 6 heteroatoms. The number of aryl methyl sites for hydroxylation is 1. The SMILES string of the molecule is Cc1cscc1CNC(=O)c1ccc(C(=O)O)s1. The molecule has 2 rings (SSSR count). The highest BCUT2D eigenvalue weighted by Crippen LogP contribution is 2.17. The number of hydrogen-bond donors (Lipinski definition) is 2. The van der Waals surface area contributed by atoms with E-state index in [9.17, 15) is 9.59 Å². The third-order valence-electron chi connectivity index (χ3n) is 2.44. The summed E-state index contributed by atoms with van der Waals surface area (Å²) in [6.45, 7) is 2.46. The summed E-state index contributed by atoms with van der Waals surface area (Å²) in [7, 11) is 0. The fourth-order valence-electron chi connectivity index (χ4n) is 1.41. The van der Waals surface area contributed by atoms with Gasteiger partial charge in [0.2, 0.25) is 0 Å². The van der Waals surface area contributed by atoms with E-state index in [0.717, 1.165) is 22.5 Å². The van der Waals surface area contributed by atoms with Gasteiger partial charge >= 0.3 is 5.97 Å². The van der Waals surface area contributed by atoms with Gasteiger partial charge in [-0.25, -0.2) is 4.79 Å². The van der Waals surface area contributed by atoms with Crippen molar-refractivity contribution in [3.05, 3.63) is 43.8 Å². The van der Waals surface area contributed by atoms with Crippen LogP contribution in [-0.2, 0) is 6.54 Å². The molecule has 0 unspecified atom stereocenters. The Balaban J connectivity index is 1.99. The molecule has 94 valence electrons. The lowest BCUT2D eigenvalue weighted by molar-refractivity contribution is 0.0702. The topological polar surface area (TPSA) is 66.4 Å². The van der Waals surface area contributed by atoms with E-state index < -0.39 is 5.97 Å². The lowest BCUT2D eigenvalue weighted by Crippen LogP contribution is -2.21. The molecular formula is C12H11NO3S2. The van der Waals surface area contributed by atoms with Crippen LogP contribution in [0.2, 0.25) is 0 Å². The van der Waals surface area contributed by atoms with Gasteiger partial charge in [0, 0.05) is 6.54 Å². The maximum absolute atomic E-state index is 11.8. The van der Waals surface area contributed by atoms with E-state index >= 15 is 0 Å². The number of rotatable bonds is 4. The predicted molar refractivity (Wildman–Crippen MR) is 71.5 cm³/mol. The van der Waals surface area contributed by atoms with Crippen LogP contribution in [0.15, 0.2) is 22.9 Å². The van der Waals surface area contributed by atoms with Crippen LogP contribution in [0.1, 0.15) is 30.5 Å². The molecule has 0 aliphatic carbocycles. The summed E-state index contributed by atoms with van der Waals surface area (Å²) >= 11 is 2.58. The predicted octanol–water partition coefficient (Wildman–Crippen LogP) is 2.75. The van der Waals surface area contributed by atoms with E-state index in [1.54, 1.807) is 11.3 Å². The van der Waals surface area contributed by atoms with Crippen LogP contribution in [0.4, 0.5) is 0 Å². The van der Waals surface area contributed by atoms with Crippen molar-refractivity contribution in [2.24, 2.45) is 0 Å². The minimum Gasteiger partial charge on any atom is -0.477 e. The molecule has 2 heterocycles. The molecule has 4 nitrogen and oxygen atoms in total. The molecular weight excluding hydrogens is 270 g/mol. The van der Waals surface area contributed by atoms with Gasteiger partial charge < -0.3 is 10.4 Å². The van der Waals surface area contributed by atoms with Gasteiger partial charge in [0.05, 0.1) is 4.88 Å². The zero-order valence-electron chi connectivity index (χ0n) is 9.60. The quantitative estimate of drug-likeness (QED) is 0.905. The van der Waals surface area contributed by atoms with Crippen LogP contribution in [0.25, 0.3) is 0 Å². The number of carboxylic acid groups (broad SMARTS) is 1. The zero-order chi connectivity index (χ0) is 13.1. The standard InChI is InChI=1S/C12H11NO3S2/c1-7-5-17-6-8(7)4-13-11(14)9-2-3-10(18-9)12(15)16/h2-3,5-6H,4H2,1H3,(H,13,14)(H,15,16). The lowest BCUT2D eigenvalue weighted by Gasteiger charge is -2.02. The summed E-state index contributed by atoms with van der Waals surface area (Å²) in [6.07, 6.45) is 0. The average Bonchev–Trinajstić information content (AvgIpc) is 2.94. The van der Waals surface area contributed by atoms with Crippen molar-refractivity contribution in [2.45, 2.75) is 13.5 Å². The first-order valence-electron chi connectivity index (χ1n) is 5.21. The fourth-order valence-corrected chi connectivity index (χ4v) is 3.02. The molecule has 0 fully saturated rings. The first kappa shape index (κ1) is 12.8. The number of carboxylic acids is 1. The van der Waals surface area contributed by atoms with E-state index in [4.69, 9.17) is 5.11 Å². The monoisotopic (exact) mass is 281 g/mol. The van der Waals surface area contributed by atoms with Gasteiger partial charge in [-0.15, -0.1) is 11.3 Å². The minimum absolute atomic E-state index is 0.173. The number of amides is 1. The van der Waals surface area contributed by atoms with Crippen LogP contribution >= 0.6 is 22.7 Å². The summed E-state index contributed by atoms with van der Waals surface area (Å²) in [5, 5.41) is 15.6. The molecule has 0 aliphatic rings. The second-order valence-corrected chi connectivity index (χ2v) is 5.56. The Labute approximate surface area is 112 Å². The highest BCUT2D eigenvalue weighted by atomic mass is 32.1. The molecule has 0 saturated carbocycles. The molecule has 18 heavy (non-hydrogen) atoms. The van der Waals surface area contributed by atoms with Crippen LogP contribution in [0, 0.1) is 6.92 Å². The summed E-state index contributed by atoms with van der Waals surface area (Å²) in [5.74, 6) is -1.24. The summed E-state index contributed by atoms with van der Waals surface area (Å²) in [5.41, 5.74) is 2.24. The Morgan fingerprint density at radius 3 is 2.56 bits per heavy atom. The minimum atomic E-state index is -1.01. The number of carbonyl (C=O) groups is 2. The van der Waals surface area contributed by atoms with Gasteiger partial charge in [-0.3, -0.25) is 4.79 Å². The van der Waals surface area contributed by atoms with E-state index in [1.165, 1.54) is 12.1 Å². The largest absolute Gasteiger partial charge is 0.477 e. The van der Waals surface area contributed by atoms with Gasteiger partial charge in [0.1, 0.15) is 4.88 Å². The van der Waals surface area contributed by atoms with Crippen molar-refractivity contribution in [3.63, 3.8) is 0 Å². The Morgan fingerprint density at radius 2 is 2.00 bits per heavy atom. The normalized spacial score (nSPS) is 10.3. The first-order chi connectivity index (χ1) is 8.58. The van der Waals surface area contributed by atoms with Gasteiger partial charge in [0.25, 0.3) is 5.91 Å². The van der Waals surface area contributed by atoms with Crippen LogP contribution < -0.4 is 5.32 Å². The number of nitrogens with one attached hydrogen (secondary N) is 1. The van der Waals surface area contributed by atoms with E-state index in [2.05, 4.69) is 5.32 Å². The lowest BCUT2D eigenvalue weighted by atomic mass is 10.2. The summed E-state index contributed by atoms with van der Waals surface area (Å²) in [6, 6.07) is 2.97. The van der Waals surface area contributed by atoms with Crippen LogP contribution in [-0.4, -0.2) is 17.0 Å². The Kier molecular flexibility index (Phi) is 3.78. The summed E-state index contributed by atoms with van der Waals surface area (Å²) in [4.78, 5) is 23.1. The van der Waals surface area contributed by atoms with Crippen molar-refractivity contribution in [3.8, 4) is 0 Å². The molecule has 2 aromatic heterocycles. The smallest absolute Gasteiger partial charge is 0.345 e. The molecule has 2 aromatic rings. The Morgan fingerprint density at radius 1 is 1.28 bits per heavy atom. The molecule has 1 amide bonds. The van der Waals surface area contributed by atoms with Crippen molar-refractivity contribution in [2.75, 3.05) is 0 Å². The van der Waals surface area contributed by atoms with Gasteiger partial charge in [0.15, 0.2) is 0 Å². The van der Waals surface area contributed by atoms with E-state index in [0.29, 0.717) is 11.4 Å². The van der Waals surface area contributed by atoms with Crippen LogP contribution in [0.3, 0.4) is 0 Å².